The Labute approximate surface area is 128 Å². The second kappa shape index (κ2) is 5.38. The first-order valence-corrected chi connectivity index (χ1v) is 9.09. The molecule has 2 aliphatic rings. The zero-order chi connectivity index (χ0) is 15.9. The summed E-state index contributed by atoms with van der Waals surface area (Å²) in [4.78, 5) is 22.8. The molecule has 0 bridgehead atoms. The topological polar surface area (TPSA) is 104 Å². The van der Waals surface area contributed by atoms with Crippen LogP contribution in [-0.4, -0.2) is 66.9 Å². The maximum atomic E-state index is 12.0. The maximum Gasteiger partial charge on any atom is 0.407 e. The lowest BCUT2D eigenvalue weighted by molar-refractivity contribution is 0.142. The number of nitrogens with zero attached hydrogens (tertiary/aromatic N) is 4. The van der Waals surface area contributed by atoms with E-state index in [1.54, 1.807) is 0 Å². The predicted octanol–water partition coefficient (Wildman–Crippen LogP) is 0.309. The number of aromatic nitrogens is 2. The number of hydrogen-bond acceptors (Lipinski definition) is 6. The molecule has 1 amide bonds. The van der Waals surface area contributed by atoms with Gasteiger partial charge >= 0.3 is 6.09 Å². The van der Waals surface area contributed by atoms with Gasteiger partial charge in [-0.3, -0.25) is 0 Å². The Morgan fingerprint density at radius 2 is 1.95 bits per heavy atom. The third-order valence-corrected chi connectivity index (χ3v) is 5.78. The number of rotatable bonds is 2. The Morgan fingerprint density at radius 3 is 2.55 bits per heavy atom. The van der Waals surface area contributed by atoms with Crippen molar-refractivity contribution in [3.63, 3.8) is 0 Å². The van der Waals surface area contributed by atoms with Crippen molar-refractivity contribution in [3.8, 4) is 0 Å². The monoisotopic (exact) mass is 326 g/mol. The molecule has 22 heavy (non-hydrogen) atoms. The predicted molar refractivity (Wildman–Crippen MR) is 79.7 cm³/mol. The van der Waals surface area contributed by atoms with Gasteiger partial charge in [-0.2, -0.15) is 0 Å². The summed E-state index contributed by atoms with van der Waals surface area (Å²) in [5.74, 6) is 0.642. The van der Waals surface area contributed by atoms with Crippen molar-refractivity contribution in [2.45, 2.75) is 18.1 Å². The van der Waals surface area contributed by atoms with E-state index in [4.69, 9.17) is 5.11 Å². The van der Waals surface area contributed by atoms with Gasteiger partial charge in [0, 0.05) is 38.0 Å². The minimum Gasteiger partial charge on any atom is -0.465 e. The highest BCUT2D eigenvalue weighted by Gasteiger charge is 2.36. The van der Waals surface area contributed by atoms with Crippen molar-refractivity contribution >= 4 is 21.7 Å². The highest BCUT2D eigenvalue weighted by atomic mass is 32.2. The molecule has 8 nitrogen and oxygen atoms in total. The number of hydrogen-bond donors (Lipinski definition) is 1. The molecule has 1 atom stereocenters. The first-order valence-electron chi connectivity index (χ1n) is 7.13. The van der Waals surface area contributed by atoms with Crippen molar-refractivity contribution in [3.05, 3.63) is 17.6 Å². The maximum absolute atomic E-state index is 12.0. The first kappa shape index (κ1) is 15.0. The van der Waals surface area contributed by atoms with E-state index in [0.717, 1.165) is 5.69 Å². The van der Waals surface area contributed by atoms with Gasteiger partial charge in [0.05, 0.1) is 10.9 Å². The van der Waals surface area contributed by atoms with E-state index in [1.807, 2.05) is 4.90 Å². The Bertz CT molecular complexity index is 698. The van der Waals surface area contributed by atoms with E-state index in [0.29, 0.717) is 50.4 Å². The number of sulfone groups is 1. The molecule has 1 aromatic rings. The lowest BCUT2D eigenvalue weighted by atomic mass is 10.2. The van der Waals surface area contributed by atoms with Gasteiger partial charge in [0.15, 0.2) is 9.84 Å². The van der Waals surface area contributed by atoms with E-state index < -0.39 is 21.2 Å². The standard InChI is InChI=1S/C13H18N4O4S/c1-22(20,21)10-3-2-9-11(10)12(15-8-14-9)16-4-6-17(7-5-16)13(18)19/h8,10H,2-7H2,1H3,(H,18,19). The molecule has 1 N–H and O–H groups in total. The minimum absolute atomic E-state index is 0.387. The molecule has 1 saturated heterocycles. The summed E-state index contributed by atoms with van der Waals surface area (Å²) >= 11 is 0. The molecule has 9 heteroatoms. The summed E-state index contributed by atoms with van der Waals surface area (Å²) in [6.45, 7) is 1.79. The van der Waals surface area contributed by atoms with Crippen LogP contribution >= 0.6 is 0 Å². The zero-order valence-corrected chi connectivity index (χ0v) is 13.1. The van der Waals surface area contributed by atoms with E-state index in [1.165, 1.54) is 17.5 Å². The molecule has 120 valence electrons. The van der Waals surface area contributed by atoms with Gasteiger partial charge in [-0.05, 0) is 12.8 Å². The van der Waals surface area contributed by atoms with Gasteiger partial charge in [-0.1, -0.05) is 0 Å². The molecule has 1 aliphatic heterocycles. The molecule has 1 aromatic heterocycles. The number of carbonyl (C=O) groups is 1. The fourth-order valence-electron chi connectivity index (χ4n) is 3.15. The summed E-state index contributed by atoms with van der Waals surface area (Å²) in [7, 11) is -3.21. The second-order valence-electron chi connectivity index (χ2n) is 5.67. The molecule has 1 aliphatic carbocycles. The molecule has 0 aromatic carbocycles. The van der Waals surface area contributed by atoms with Crippen LogP contribution in [0.1, 0.15) is 22.9 Å². The summed E-state index contributed by atoms with van der Waals surface area (Å²) in [6, 6.07) is 0. The van der Waals surface area contributed by atoms with Crippen LogP contribution in [0.15, 0.2) is 6.33 Å². The fraction of sp³-hybridized carbons (Fsp3) is 0.615. The van der Waals surface area contributed by atoms with E-state index in [-0.39, 0.29) is 0 Å². The molecular formula is C13H18N4O4S. The van der Waals surface area contributed by atoms with Gasteiger partial charge in [0.1, 0.15) is 12.1 Å². The highest BCUT2D eigenvalue weighted by Crippen LogP contribution is 2.40. The summed E-state index contributed by atoms with van der Waals surface area (Å²) in [5.41, 5.74) is 1.50. The zero-order valence-electron chi connectivity index (χ0n) is 12.3. The minimum atomic E-state index is -3.21. The van der Waals surface area contributed by atoms with Crippen LogP contribution in [0.4, 0.5) is 10.6 Å². The van der Waals surface area contributed by atoms with Gasteiger partial charge < -0.3 is 14.9 Å². The van der Waals surface area contributed by atoms with Crippen LogP contribution in [0.3, 0.4) is 0 Å². The van der Waals surface area contributed by atoms with E-state index >= 15 is 0 Å². The van der Waals surface area contributed by atoms with Crippen molar-refractivity contribution in [1.82, 2.24) is 14.9 Å². The molecule has 1 fully saturated rings. The first-order chi connectivity index (χ1) is 10.4. The van der Waals surface area contributed by atoms with Crippen LogP contribution in [0.25, 0.3) is 0 Å². The number of aryl methyl sites for hydroxylation is 1. The SMILES string of the molecule is CS(=O)(=O)C1CCc2ncnc(N3CCN(C(=O)O)CC3)c21. The van der Waals surface area contributed by atoms with Crippen molar-refractivity contribution in [1.29, 1.82) is 0 Å². The Hall–Kier alpha value is -1.90. The summed E-state index contributed by atoms with van der Waals surface area (Å²) < 4.78 is 24.0. The Kier molecular flexibility index (Phi) is 3.67. The summed E-state index contributed by atoms with van der Waals surface area (Å²) in [6.07, 6.45) is 2.95. The van der Waals surface area contributed by atoms with Gasteiger partial charge in [0.25, 0.3) is 0 Å². The van der Waals surface area contributed by atoms with Crippen molar-refractivity contribution in [2.24, 2.45) is 0 Å². The average Bonchev–Trinajstić information content (AvgIpc) is 2.91. The Balaban J connectivity index is 1.91. The summed E-state index contributed by atoms with van der Waals surface area (Å²) in [5, 5.41) is 8.44. The number of fused-ring (bicyclic) bond motifs is 1. The quantitative estimate of drug-likeness (QED) is 0.834. The molecule has 0 radical (unpaired) electrons. The van der Waals surface area contributed by atoms with Crippen molar-refractivity contribution in [2.75, 3.05) is 37.3 Å². The van der Waals surface area contributed by atoms with Gasteiger partial charge in [-0.15, -0.1) is 0 Å². The second-order valence-corrected chi connectivity index (χ2v) is 7.90. The highest BCUT2D eigenvalue weighted by molar-refractivity contribution is 7.90. The molecular weight excluding hydrogens is 308 g/mol. The molecule has 0 spiro atoms. The van der Waals surface area contributed by atoms with Gasteiger partial charge in [0.2, 0.25) is 0 Å². The smallest absolute Gasteiger partial charge is 0.407 e. The van der Waals surface area contributed by atoms with Crippen LogP contribution < -0.4 is 4.90 Å². The van der Waals surface area contributed by atoms with Gasteiger partial charge in [-0.25, -0.2) is 23.2 Å². The lowest BCUT2D eigenvalue weighted by Gasteiger charge is -2.35. The van der Waals surface area contributed by atoms with Crippen LogP contribution in [0.2, 0.25) is 0 Å². The molecule has 1 unspecified atom stereocenters. The van der Waals surface area contributed by atoms with Crippen LogP contribution in [0, 0.1) is 0 Å². The number of amides is 1. The third-order valence-electron chi connectivity index (χ3n) is 4.28. The van der Waals surface area contributed by atoms with Crippen LogP contribution in [0.5, 0.6) is 0 Å². The van der Waals surface area contributed by atoms with Crippen LogP contribution in [-0.2, 0) is 16.3 Å². The fourth-order valence-corrected chi connectivity index (χ4v) is 4.37. The molecule has 0 saturated carbocycles. The lowest BCUT2D eigenvalue weighted by Crippen LogP contribution is -2.49. The van der Waals surface area contributed by atoms with E-state index in [2.05, 4.69) is 9.97 Å². The number of piperazine rings is 1. The largest absolute Gasteiger partial charge is 0.465 e. The normalized spacial score (nSPS) is 21.8. The average molecular weight is 326 g/mol. The molecule has 2 heterocycles. The van der Waals surface area contributed by atoms with Crippen molar-refractivity contribution < 1.29 is 18.3 Å². The Morgan fingerprint density at radius 1 is 1.27 bits per heavy atom. The van der Waals surface area contributed by atoms with E-state index in [9.17, 15) is 13.2 Å². The third kappa shape index (κ3) is 2.60. The number of anilines is 1. The molecule has 3 rings (SSSR count). The number of carboxylic acid groups (broad SMARTS) is 1.